The molecule has 1 aromatic rings. The molecular weight excluding hydrogens is 295 g/mol. The number of hydrogen-bond donors (Lipinski definition) is 2. The molecule has 23 heavy (non-hydrogen) atoms. The predicted molar refractivity (Wildman–Crippen MR) is 86.1 cm³/mol. The lowest BCUT2D eigenvalue weighted by atomic mass is 9.86. The minimum atomic E-state index is -0.664. The number of nitrogens with two attached hydrogens (primary N) is 1. The van der Waals surface area contributed by atoms with Gasteiger partial charge in [-0.3, -0.25) is 4.79 Å². The monoisotopic (exact) mass is 320 g/mol. The standard InChI is InChI=1S/C18H25FN2O2/c19-15-5-3-13(4-6-15)16(22)14-7-11-21(12-8-14)17(23)18(20)9-1-2-10-18/h3-6,14,16,22H,1-2,7-12,20H2/t16-/m1/s1. The van der Waals surface area contributed by atoms with Gasteiger partial charge in [-0.15, -0.1) is 0 Å². The molecule has 2 fully saturated rings. The number of piperidine rings is 1. The van der Waals surface area contributed by atoms with Crippen molar-refractivity contribution in [2.45, 2.75) is 50.2 Å². The van der Waals surface area contributed by atoms with E-state index >= 15 is 0 Å². The topological polar surface area (TPSA) is 66.6 Å². The van der Waals surface area contributed by atoms with E-state index in [-0.39, 0.29) is 17.6 Å². The van der Waals surface area contributed by atoms with Crippen molar-refractivity contribution in [3.8, 4) is 0 Å². The summed E-state index contributed by atoms with van der Waals surface area (Å²) >= 11 is 0. The van der Waals surface area contributed by atoms with Crippen LogP contribution in [0.1, 0.15) is 50.2 Å². The summed E-state index contributed by atoms with van der Waals surface area (Å²) in [6, 6.07) is 6.00. The number of halogens is 1. The molecule has 1 amide bonds. The van der Waals surface area contributed by atoms with Crippen LogP contribution in [0.15, 0.2) is 24.3 Å². The van der Waals surface area contributed by atoms with Crippen LogP contribution in [0.2, 0.25) is 0 Å². The quantitative estimate of drug-likeness (QED) is 0.898. The maximum Gasteiger partial charge on any atom is 0.242 e. The molecule has 3 rings (SSSR count). The van der Waals surface area contributed by atoms with Crippen molar-refractivity contribution in [2.75, 3.05) is 13.1 Å². The lowest BCUT2D eigenvalue weighted by molar-refractivity contribution is -0.138. The molecule has 1 aliphatic heterocycles. The Labute approximate surface area is 136 Å². The van der Waals surface area contributed by atoms with Crippen LogP contribution in [0.25, 0.3) is 0 Å². The number of hydrogen-bond acceptors (Lipinski definition) is 3. The third-order valence-corrected chi connectivity index (χ3v) is 5.41. The molecule has 0 spiro atoms. The van der Waals surface area contributed by atoms with Crippen LogP contribution in [-0.4, -0.2) is 34.5 Å². The van der Waals surface area contributed by atoms with Crippen LogP contribution >= 0.6 is 0 Å². The summed E-state index contributed by atoms with van der Waals surface area (Å²) in [5.41, 5.74) is 6.33. The fourth-order valence-electron chi connectivity index (χ4n) is 3.89. The number of aliphatic hydroxyl groups excluding tert-OH is 1. The maximum absolute atomic E-state index is 13.0. The number of carbonyl (C=O) groups excluding carboxylic acids is 1. The molecule has 0 unspecified atom stereocenters. The van der Waals surface area contributed by atoms with E-state index in [1.165, 1.54) is 12.1 Å². The van der Waals surface area contributed by atoms with E-state index in [9.17, 15) is 14.3 Å². The van der Waals surface area contributed by atoms with Crippen molar-refractivity contribution in [1.29, 1.82) is 0 Å². The van der Waals surface area contributed by atoms with Crippen LogP contribution < -0.4 is 5.73 Å². The van der Waals surface area contributed by atoms with Crippen molar-refractivity contribution >= 4 is 5.91 Å². The molecule has 1 atom stereocenters. The van der Waals surface area contributed by atoms with E-state index in [0.717, 1.165) is 44.1 Å². The summed E-state index contributed by atoms with van der Waals surface area (Å²) in [6.45, 7) is 1.28. The van der Waals surface area contributed by atoms with Crippen molar-refractivity contribution < 1.29 is 14.3 Å². The zero-order valence-corrected chi connectivity index (χ0v) is 13.4. The number of aliphatic hydroxyl groups is 1. The van der Waals surface area contributed by atoms with E-state index in [4.69, 9.17) is 5.73 Å². The molecule has 1 heterocycles. The number of likely N-dealkylation sites (tertiary alicyclic amines) is 1. The van der Waals surface area contributed by atoms with Crippen LogP contribution in [0.3, 0.4) is 0 Å². The average molecular weight is 320 g/mol. The van der Waals surface area contributed by atoms with E-state index < -0.39 is 11.6 Å². The highest BCUT2D eigenvalue weighted by molar-refractivity contribution is 5.86. The van der Waals surface area contributed by atoms with Gasteiger partial charge in [-0.05, 0) is 49.3 Å². The molecular formula is C18H25FN2O2. The molecule has 0 aromatic heterocycles. The second-order valence-corrected chi connectivity index (χ2v) is 6.99. The van der Waals surface area contributed by atoms with E-state index in [0.29, 0.717) is 13.1 Å². The summed E-state index contributed by atoms with van der Waals surface area (Å²) in [5.74, 6) is -0.127. The maximum atomic E-state index is 13.0. The number of benzene rings is 1. The van der Waals surface area contributed by atoms with Gasteiger partial charge in [-0.1, -0.05) is 25.0 Å². The Kier molecular flexibility index (Phi) is 4.69. The van der Waals surface area contributed by atoms with Gasteiger partial charge in [0.1, 0.15) is 5.82 Å². The molecule has 2 aliphatic rings. The molecule has 1 aliphatic carbocycles. The fourth-order valence-corrected chi connectivity index (χ4v) is 3.89. The minimum Gasteiger partial charge on any atom is -0.388 e. The van der Waals surface area contributed by atoms with Crippen LogP contribution in [0.4, 0.5) is 4.39 Å². The Balaban J connectivity index is 1.57. The first-order chi connectivity index (χ1) is 11.0. The van der Waals surface area contributed by atoms with Crippen molar-refractivity contribution in [3.05, 3.63) is 35.6 Å². The van der Waals surface area contributed by atoms with Crippen LogP contribution in [0, 0.1) is 11.7 Å². The SMILES string of the molecule is NC1(C(=O)N2CCC([C@H](O)c3ccc(F)cc3)CC2)CCCC1. The highest BCUT2D eigenvalue weighted by Gasteiger charge is 2.41. The summed E-state index contributed by atoms with van der Waals surface area (Å²) in [6.07, 6.45) is 4.52. The van der Waals surface area contributed by atoms with Gasteiger partial charge in [0, 0.05) is 13.1 Å². The lowest BCUT2D eigenvalue weighted by Crippen LogP contribution is -2.55. The third kappa shape index (κ3) is 3.40. The van der Waals surface area contributed by atoms with Crippen molar-refractivity contribution in [1.82, 2.24) is 4.90 Å². The lowest BCUT2D eigenvalue weighted by Gasteiger charge is -2.38. The van der Waals surface area contributed by atoms with Crippen LogP contribution in [0.5, 0.6) is 0 Å². The van der Waals surface area contributed by atoms with E-state index in [1.807, 2.05) is 4.90 Å². The number of rotatable bonds is 3. The first kappa shape index (κ1) is 16.4. The Morgan fingerprint density at radius 2 is 1.78 bits per heavy atom. The molecule has 5 heteroatoms. The second-order valence-electron chi connectivity index (χ2n) is 6.99. The van der Waals surface area contributed by atoms with Gasteiger partial charge in [0.25, 0.3) is 0 Å². The number of nitrogens with zero attached hydrogens (tertiary/aromatic N) is 1. The first-order valence-electron chi connectivity index (χ1n) is 8.51. The molecule has 4 nitrogen and oxygen atoms in total. The van der Waals surface area contributed by atoms with Gasteiger partial charge in [0.15, 0.2) is 0 Å². The van der Waals surface area contributed by atoms with Crippen molar-refractivity contribution in [3.63, 3.8) is 0 Å². The van der Waals surface area contributed by atoms with E-state index in [2.05, 4.69) is 0 Å². The predicted octanol–water partition coefficient (Wildman–Crippen LogP) is 2.37. The minimum absolute atomic E-state index is 0.0738. The van der Waals surface area contributed by atoms with E-state index in [1.54, 1.807) is 12.1 Å². The molecule has 3 N–H and O–H groups in total. The summed E-state index contributed by atoms with van der Waals surface area (Å²) < 4.78 is 13.0. The molecule has 1 aromatic carbocycles. The molecule has 0 bridgehead atoms. The molecule has 1 saturated heterocycles. The second kappa shape index (κ2) is 6.57. The molecule has 126 valence electrons. The Bertz CT molecular complexity index is 547. The summed E-state index contributed by atoms with van der Waals surface area (Å²) in [5, 5.41) is 10.5. The van der Waals surface area contributed by atoms with Gasteiger partial charge >= 0.3 is 0 Å². The Morgan fingerprint density at radius 1 is 1.22 bits per heavy atom. The smallest absolute Gasteiger partial charge is 0.242 e. The highest BCUT2D eigenvalue weighted by atomic mass is 19.1. The van der Waals surface area contributed by atoms with Crippen LogP contribution in [-0.2, 0) is 4.79 Å². The van der Waals surface area contributed by atoms with Gasteiger partial charge in [0.05, 0.1) is 11.6 Å². The Morgan fingerprint density at radius 3 is 2.35 bits per heavy atom. The number of amides is 1. The van der Waals surface area contributed by atoms with Gasteiger partial charge in [-0.25, -0.2) is 4.39 Å². The first-order valence-corrected chi connectivity index (χ1v) is 8.51. The summed E-state index contributed by atoms with van der Waals surface area (Å²) in [4.78, 5) is 14.5. The van der Waals surface area contributed by atoms with Gasteiger partial charge in [0.2, 0.25) is 5.91 Å². The van der Waals surface area contributed by atoms with Crippen molar-refractivity contribution in [2.24, 2.45) is 11.7 Å². The third-order valence-electron chi connectivity index (χ3n) is 5.41. The number of carbonyl (C=O) groups is 1. The normalized spacial score (nSPS) is 23.0. The summed E-state index contributed by atoms with van der Waals surface area (Å²) in [7, 11) is 0. The molecule has 1 saturated carbocycles. The highest BCUT2D eigenvalue weighted by Crippen LogP contribution is 2.34. The van der Waals surface area contributed by atoms with Gasteiger partial charge in [-0.2, -0.15) is 0 Å². The Hall–Kier alpha value is -1.46. The average Bonchev–Trinajstić information content (AvgIpc) is 3.02. The molecule has 0 radical (unpaired) electrons. The zero-order valence-electron chi connectivity index (χ0n) is 13.4. The largest absolute Gasteiger partial charge is 0.388 e. The zero-order chi connectivity index (χ0) is 16.4. The fraction of sp³-hybridized carbons (Fsp3) is 0.611. The van der Waals surface area contributed by atoms with Gasteiger partial charge < -0.3 is 15.7 Å².